The maximum Gasteiger partial charge on any atom is 0.171 e. The summed E-state index contributed by atoms with van der Waals surface area (Å²) in [7, 11) is 0. The van der Waals surface area contributed by atoms with Gasteiger partial charge in [-0.2, -0.15) is 0 Å². The van der Waals surface area contributed by atoms with E-state index >= 15 is 0 Å². The minimum absolute atomic E-state index is 0.546. The maximum absolute atomic E-state index is 8.73. The van der Waals surface area contributed by atoms with Crippen LogP contribution in [0.4, 0.5) is 5.82 Å². The number of hydrogen-bond donors (Lipinski definition) is 2. The summed E-state index contributed by atoms with van der Waals surface area (Å²) in [5.74, 6) is 0.546. The number of rotatable bonds is 2. The van der Waals surface area contributed by atoms with Gasteiger partial charge in [0.15, 0.2) is 5.82 Å². The number of aliphatic hydroxyl groups is 1. The Labute approximate surface area is 52.5 Å². The second-order valence-corrected chi connectivity index (χ2v) is 1.70. The van der Waals surface area contributed by atoms with Gasteiger partial charge in [0.2, 0.25) is 0 Å². The van der Waals surface area contributed by atoms with Crippen molar-refractivity contribution in [3.8, 4) is 0 Å². The van der Waals surface area contributed by atoms with Gasteiger partial charge >= 0.3 is 0 Å². The van der Waals surface area contributed by atoms with Crippen molar-refractivity contribution in [2.24, 2.45) is 0 Å². The molecule has 1 atom stereocenters. The van der Waals surface area contributed by atoms with Crippen LogP contribution in [0.2, 0.25) is 0 Å². The highest BCUT2D eigenvalue weighted by Crippen LogP contribution is 2.00. The molecule has 0 aliphatic rings. The van der Waals surface area contributed by atoms with E-state index in [0.29, 0.717) is 5.82 Å². The molecular weight excluding hydrogens is 120 g/mol. The fourth-order valence-corrected chi connectivity index (χ4v) is 0.501. The highest BCUT2D eigenvalue weighted by atomic mass is 16.5. The molecule has 4 heteroatoms. The fraction of sp³-hybridized carbons (Fsp3) is 0.400. The second-order valence-electron chi connectivity index (χ2n) is 1.70. The van der Waals surface area contributed by atoms with Gasteiger partial charge in [0.05, 0.1) is 0 Å². The summed E-state index contributed by atoms with van der Waals surface area (Å²) in [6.45, 7) is 1.61. The Hall–Kier alpha value is -1.03. The molecule has 0 bridgehead atoms. The Bertz CT molecular complexity index is 159. The van der Waals surface area contributed by atoms with Crippen LogP contribution < -0.4 is 5.32 Å². The fourth-order valence-electron chi connectivity index (χ4n) is 0.501. The first-order valence-corrected chi connectivity index (χ1v) is 2.64. The lowest BCUT2D eigenvalue weighted by Gasteiger charge is -2.02. The first kappa shape index (κ1) is 6.10. The number of hydrogen-bond acceptors (Lipinski definition) is 4. The highest BCUT2D eigenvalue weighted by Gasteiger charge is 1.96. The molecule has 50 valence electrons. The van der Waals surface area contributed by atoms with E-state index in [1.807, 2.05) is 0 Å². The standard InChI is InChI=1S/C5H8N2O2/c1-4(8)6-5-2-3-9-7-5/h2-4,8H,1H3,(H,6,7). The number of aliphatic hydroxyl groups excluding tert-OH is 1. The molecular formula is C5H8N2O2. The minimum atomic E-state index is -0.588. The summed E-state index contributed by atoms with van der Waals surface area (Å²) in [6, 6.07) is 1.63. The third-order valence-electron chi connectivity index (χ3n) is 0.795. The molecule has 1 rings (SSSR count). The van der Waals surface area contributed by atoms with Gasteiger partial charge in [-0.25, -0.2) is 0 Å². The summed E-state index contributed by atoms with van der Waals surface area (Å²) in [5, 5.41) is 14.9. The summed E-state index contributed by atoms with van der Waals surface area (Å²) in [4.78, 5) is 0. The van der Waals surface area contributed by atoms with Gasteiger partial charge in [-0.15, -0.1) is 0 Å². The molecule has 2 N–H and O–H groups in total. The minimum Gasteiger partial charge on any atom is -0.374 e. The van der Waals surface area contributed by atoms with Gasteiger partial charge in [-0.1, -0.05) is 5.16 Å². The molecule has 0 spiro atoms. The van der Waals surface area contributed by atoms with Crippen LogP contribution in [-0.2, 0) is 0 Å². The zero-order valence-corrected chi connectivity index (χ0v) is 5.03. The Morgan fingerprint density at radius 1 is 1.89 bits per heavy atom. The van der Waals surface area contributed by atoms with E-state index in [-0.39, 0.29) is 0 Å². The van der Waals surface area contributed by atoms with Crippen molar-refractivity contribution >= 4 is 5.82 Å². The third-order valence-corrected chi connectivity index (χ3v) is 0.795. The lowest BCUT2D eigenvalue weighted by molar-refractivity contribution is 0.223. The van der Waals surface area contributed by atoms with Crippen molar-refractivity contribution in [1.29, 1.82) is 0 Å². The highest BCUT2D eigenvalue weighted by molar-refractivity contribution is 5.30. The zero-order valence-electron chi connectivity index (χ0n) is 5.03. The number of nitrogens with one attached hydrogen (secondary N) is 1. The summed E-state index contributed by atoms with van der Waals surface area (Å²) in [5.41, 5.74) is 0. The average Bonchev–Trinajstić information content (AvgIpc) is 2.15. The van der Waals surface area contributed by atoms with E-state index in [1.165, 1.54) is 6.26 Å². The maximum atomic E-state index is 8.73. The monoisotopic (exact) mass is 128 g/mol. The molecule has 1 heterocycles. The van der Waals surface area contributed by atoms with Crippen molar-refractivity contribution in [1.82, 2.24) is 5.16 Å². The quantitative estimate of drug-likeness (QED) is 0.567. The Balaban J connectivity index is 2.48. The Kier molecular flexibility index (Phi) is 1.69. The molecule has 0 aliphatic carbocycles. The van der Waals surface area contributed by atoms with Crippen LogP contribution in [0.5, 0.6) is 0 Å². The summed E-state index contributed by atoms with van der Waals surface area (Å²) >= 11 is 0. The van der Waals surface area contributed by atoms with Crippen molar-refractivity contribution in [2.45, 2.75) is 13.2 Å². The van der Waals surface area contributed by atoms with Gasteiger partial charge in [-0.3, -0.25) is 0 Å². The topological polar surface area (TPSA) is 58.3 Å². The van der Waals surface area contributed by atoms with Gasteiger partial charge in [0.1, 0.15) is 12.5 Å². The first-order chi connectivity index (χ1) is 4.29. The number of anilines is 1. The molecule has 9 heavy (non-hydrogen) atoms. The average molecular weight is 128 g/mol. The number of nitrogens with zero attached hydrogens (tertiary/aromatic N) is 1. The lowest BCUT2D eigenvalue weighted by Crippen LogP contribution is -2.13. The molecule has 0 saturated heterocycles. The van der Waals surface area contributed by atoms with Gasteiger partial charge in [0, 0.05) is 6.07 Å². The molecule has 4 nitrogen and oxygen atoms in total. The van der Waals surface area contributed by atoms with Crippen molar-refractivity contribution in [2.75, 3.05) is 5.32 Å². The van der Waals surface area contributed by atoms with Crippen molar-refractivity contribution in [3.05, 3.63) is 12.3 Å². The second kappa shape index (κ2) is 2.50. The van der Waals surface area contributed by atoms with Crippen LogP contribution >= 0.6 is 0 Å². The smallest absolute Gasteiger partial charge is 0.171 e. The molecule has 1 aromatic heterocycles. The predicted octanol–water partition coefficient (Wildman–Crippen LogP) is 0.425. The number of aromatic nitrogens is 1. The van der Waals surface area contributed by atoms with E-state index in [1.54, 1.807) is 13.0 Å². The molecule has 0 fully saturated rings. The largest absolute Gasteiger partial charge is 0.374 e. The zero-order chi connectivity index (χ0) is 6.69. The summed E-state index contributed by atoms with van der Waals surface area (Å²) < 4.78 is 4.49. The molecule has 1 unspecified atom stereocenters. The van der Waals surface area contributed by atoms with Crippen LogP contribution in [0, 0.1) is 0 Å². The van der Waals surface area contributed by atoms with Crippen LogP contribution in [0.3, 0.4) is 0 Å². The van der Waals surface area contributed by atoms with Gasteiger partial charge in [0.25, 0.3) is 0 Å². The molecule has 1 aromatic rings. The first-order valence-electron chi connectivity index (χ1n) is 2.64. The van der Waals surface area contributed by atoms with E-state index in [0.717, 1.165) is 0 Å². The SMILES string of the molecule is CC(O)Nc1ccon1. The van der Waals surface area contributed by atoms with Crippen molar-refractivity contribution < 1.29 is 9.63 Å². The molecule has 0 radical (unpaired) electrons. The van der Waals surface area contributed by atoms with Crippen LogP contribution in [-0.4, -0.2) is 16.5 Å². The van der Waals surface area contributed by atoms with Crippen LogP contribution in [0.15, 0.2) is 16.9 Å². The van der Waals surface area contributed by atoms with Crippen LogP contribution in [0.1, 0.15) is 6.92 Å². The van der Waals surface area contributed by atoms with Gasteiger partial charge < -0.3 is 14.9 Å². The van der Waals surface area contributed by atoms with Crippen molar-refractivity contribution in [3.63, 3.8) is 0 Å². The molecule has 0 amide bonds. The van der Waals surface area contributed by atoms with E-state index < -0.39 is 6.23 Å². The van der Waals surface area contributed by atoms with E-state index in [2.05, 4.69) is 15.0 Å². The third kappa shape index (κ3) is 1.73. The van der Waals surface area contributed by atoms with E-state index in [4.69, 9.17) is 5.11 Å². The molecule has 0 aliphatic heterocycles. The van der Waals surface area contributed by atoms with E-state index in [9.17, 15) is 0 Å². The molecule has 0 saturated carbocycles. The lowest BCUT2D eigenvalue weighted by atomic mass is 10.6. The normalized spacial score (nSPS) is 13.1. The molecule has 0 aromatic carbocycles. The van der Waals surface area contributed by atoms with Crippen LogP contribution in [0.25, 0.3) is 0 Å². The Morgan fingerprint density at radius 2 is 2.67 bits per heavy atom. The predicted molar refractivity (Wildman–Crippen MR) is 31.8 cm³/mol. The Morgan fingerprint density at radius 3 is 3.11 bits per heavy atom. The summed E-state index contributed by atoms with van der Waals surface area (Å²) in [6.07, 6.45) is 0.847. The van der Waals surface area contributed by atoms with Gasteiger partial charge in [-0.05, 0) is 6.92 Å².